The third kappa shape index (κ3) is 2.07. The van der Waals surface area contributed by atoms with Crippen LogP contribution in [-0.4, -0.2) is 11.4 Å². The number of hydrogen-bond acceptors (Lipinski definition) is 2. The van der Waals surface area contributed by atoms with Crippen LogP contribution in [0.15, 0.2) is 18.2 Å². The highest BCUT2D eigenvalue weighted by Crippen LogP contribution is 2.34. The first-order chi connectivity index (χ1) is 7.83. The molecule has 0 spiro atoms. The molecule has 1 aromatic carbocycles. The maximum atomic E-state index is 5.99. The van der Waals surface area contributed by atoms with E-state index in [4.69, 9.17) is 5.73 Å². The van der Waals surface area contributed by atoms with E-state index < -0.39 is 0 Å². The van der Waals surface area contributed by atoms with Crippen LogP contribution in [0.4, 0.5) is 5.69 Å². The summed E-state index contributed by atoms with van der Waals surface area (Å²) in [5.74, 6) is 1.06. The highest BCUT2D eigenvalue weighted by Gasteiger charge is 2.23. The molecule has 0 aromatic heterocycles. The van der Waals surface area contributed by atoms with Crippen molar-refractivity contribution in [3.8, 4) is 0 Å². The van der Waals surface area contributed by atoms with E-state index in [0.29, 0.717) is 0 Å². The zero-order valence-corrected chi connectivity index (χ0v) is 9.78. The molecule has 86 valence electrons. The van der Waals surface area contributed by atoms with Crippen LogP contribution in [0.5, 0.6) is 0 Å². The first-order valence-corrected chi connectivity index (χ1v) is 6.41. The summed E-state index contributed by atoms with van der Waals surface area (Å²) >= 11 is 0. The van der Waals surface area contributed by atoms with Crippen LogP contribution in [-0.2, 0) is 13.1 Å². The highest BCUT2D eigenvalue weighted by molar-refractivity contribution is 5.52. The molecule has 0 saturated heterocycles. The van der Waals surface area contributed by atoms with Crippen LogP contribution < -0.4 is 5.73 Å². The molecule has 1 aliphatic carbocycles. The molecule has 1 aromatic rings. The molecule has 0 atom stereocenters. The van der Waals surface area contributed by atoms with Crippen molar-refractivity contribution in [3.05, 3.63) is 29.3 Å². The molecule has 2 nitrogen and oxygen atoms in total. The smallest absolute Gasteiger partial charge is 0.0363 e. The topological polar surface area (TPSA) is 29.3 Å². The van der Waals surface area contributed by atoms with Gasteiger partial charge in [0.1, 0.15) is 0 Å². The first-order valence-electron chi connectivity index (χ1n) is 6.41. The Morgan fingerprint density at radius 3 is 2.88 bits per heavy atom. The Bertz CT molecular complexity index is 382. The number of fused-ring (bicyclic) bond motifs is 1. The van der Waals surface area contributed by atoms with E-state index in [9.17, 15) is 0 Å². The van der Waals surface area contributed by atoms with Crippen molar-refractivity contribution in [2.45, 2.75) is 38.8 Å². The summed E-state index contributed by atoms with van der Waals surface area (Å²) < 4.78 is 0. The number of nitrogens with zero attached hydrogens (tertiary/aromatic N) is 1. The SMILES string of the molecule is Nc1cccc2c1CN(CCCC1CC1)C2. The fraction of sp³-hybridized carbons (Fsp3) is 0.571. The van der Waals surface area contributed by atoms with Crippen molar-refractivity contribution in [2.24, 2.45) is 5.92 Å². The first kappa shape index (κ1) is 10.2. The normalized spacial score (nSPS) is 20.0. The second-order valence-electron chi connectivity index (χ2n) is 5.28. The number of nitrogens with two attached hydrogens (primary N) is 1. The summed E-state index contributed by atoms with van der Waals surface area (Å²) in [6, 6.07) is 6.31. The largest absolute Gasteiger partial charge is 0.398 e. The molecule has 0 unspecified atom stereocenters. The van der Waals surface area contributed by atoms with Gasteiger partial charge in [-0.25, -0.2) is 0 Å². The van der Waals surface area contributed by atoms with E-state index in [2.05, 4.69) is 17.0 Å². The van der Waals surface area contributed by atoms with Gasteiger partial charge in [-0.1, -0.05) is 25.0 Å². The molecule has 0 bridgehead atoms. The Hall–Kier alpha value is -1.02. The van der Waals surface area contributed by atoms with Crippen molar-refractivity contribution in [3.63, 3.8) is 0 Å². The van der Waals surface area contributed by atoms with Crippen LogP contribution in [0.3, 0.4) is 0 Å². The molecule has 16 heavy (non-hydrogen) atoms. The molecule has 0 radical (unpaired) electrons. The highest BCUT2D eigenvalue weighted by atomic mass is 15.1. The summed E-state index contributed by atoms with van der Waals surface area (Å²) in [4.78, 5) is 2.53. The number of hydrogen-bond donors (Lipinski definition) is 1. The molecular weight excluding hydrogens is 196 g/mol. The standard InChI is InChI=1S/C14H20N2/c15-14-5-1-4-12-9-16(10-13(12)14)8-2-3-11-6-7-11/h1,4-5,11H,2-3,6-10,15H2. The van der Waals surface area contributed by atoms with Gasteiger partial charge in [-0.2, -0.15) is 0 Å². The zero-order chi connectivity index (χ0) is 11.0. The number of anilines is 1. The maximum Gasteiger partial charge on any atom is 0.0363 e. The Balaban J connectivity index is 1.55. The lowest BCUT2D eigenvalue weighted by Gasteiger charge is -2.14. The van der Waals surface area contributed by atoms with Crippen LogP contribution >= 0.6 is 0 Å². The molecule has 2 aliphatic rings. The van der Waals surface area contributed by atoms with E-state index in [0.717, 1.165) is 24.7 Å². The van der Waals surface area contributed by atoms with Gasteiger partial charge >= 0.3 is 0 Å². The van der Waals surface area contributed by atoms with E-state index in [1.165, 1.54) is 43.4 Å². The average molecular weight is 216 g/mol. The molecule has 1 heterocycles. The van der Waals surface area contributed by atoms with E-state index >= 15 is 0 Å². The molecule has 0 amide bonds. The Labute approximate surface area is 97.4 Å². The lowest BCUT2D eigenvalue weighted by molar-refractivity contribution is 0.276. The van der Waals surface area contributed by atoms with E-state index in [1.807, 2.05) is 6.07 Å². The molecule has 1 aliphatic heterocycles. The maximum absolute atomic E-state index is 5.99. The van der Waals surface area contributed by atoms with Crippen molar-refractivity contribution in [1.82, 2.24) is 4.90 Å². The van der Waals surface area contributed by atoms with Gasteiger partial charge in [0.2, 0.25) is 0 Å². The van der Waals surface area contributed by atoms with Gasteiger partial charge in [0.05, 0.1) is 0 Å². The molecule has 1 fully saturated rings. The molecule has 2 N–H and O–H groups in total. The summed E-state index contributed by atoms with van der Waals surface area (Å²) in [7, 11) is 0. The summed E-state index contributed by atoms with van der Waals surface area (Å²) in [5, 5.41) is 0. The van der Waals surface area contributed by atoms with Crippen LogP contribution in [0.1, 0.15) is 36.8 Å². The van der Waals surface area contributed by atoms with Crippen LogP contribution in [0.2, 0.25) is 0 Å². The van der Waals surface area contributed by atoms with Crippen molar-refractivity contribution in [1.29, 1.82) is 0 Å². The van der Waals surface area contributed by atoms with Crippen molar-refractivity contribution in [2.75, 3.05) is 12.3 Å². The molecule has 1 saturated carbocycles. The monoisotopic (exact) mass is 216 g/mol. The van der Waals surface area contributed by atoms with Gasteiger partial charge < -0.3 is 5.73 Å². The summed E-state index contributed by atoms with van der Waals surface area (Å²) in [6.07, 6.45) is 5.75. The minimum absolute atomic E-state index is 0.974. The Morgan fingerprint density at radius 1 is 1.25 bits per heavy atom. The summed E-state index contributed by atoms with van der Waals surface area (Å²) in [5.41, 5.74) is 9.77. The fourth-order valence-corrected chi connectivity index (χ4v) is 2.68. The van der Waals surface area contributed by atoms with E-state index in [-0.39, 0.29) is 0 Å². The Kier molecular flexibility index (Phi) is 2.60. The predicted molar refractivity (Wildman–Crippen MR) is 66.9 cm³/mol. The number of rotatable bonds is 4. The van der Waals surface area contributed by atoms with E-state index in [1.54, 1.807) is 0 Å². The molecular formula is C14H20N2. The van der Waals surface area contributed by atoms with Crippen LogP contribution in [0, 0.1) is 5.92 Å². The zero-order valence-electron chi connectivity index (χ0n) is 9.78. The van der Waals surface area contributed by atoms with Gasteiger partial charge in [-0.15, -0.1) is 0 Å². The minimum Gasteiger partial charge on any atom is -0.398 e. The lowest BCUT2D eigenvalue weighted by Crippen LogP contribution is -2.17. The lowest BCUT2D eigenvalue weighted by atomic mass is 10.1. The average Bonchev–Trinajstić information content (AvgIpc) is 2.98. The predicted octanol–water partition coefficient (Wildman–Crippen LogP) is 2.77. The quantitative estimate of drug-likeness (QED) is 0.784. The third-order valence-corrected chi connectivity index (χ3v) is 3.87. The molecule has 3 rings (SSSR count). The van der Waals surface area contributed by atoms with Crippen molar-refractivity contribution < 1.29 is 0 Å². The van der Waals surface area contributed by atoms with Gasteiger partial charge in [0, 0.05) is 18.8 Å². The third-order valence-electron chi connectivity index (χ3n) is 3.87. The molecule has 2 heteroatoms. The number of nitrogen functional groups attached to an aromatic ring is 1. The van der Waals surface area contributed by atoms with Crippen LogP contribution in [0.25, 0.3) is 0 Å². The second-order valence-corrected chi connectivity index (χ2v) is 5.28. The number of benzene rings is 1. The minimum atomic E-state index is 0.974. The van der Waals surface area contributed by atoms with Gasteiger partial charge in [-0.05, 0) is 42.5 Å². The van der Waals surface area contributed by atoms with Crippen molar-refractivity contribution >= 4 is 5.69 Å². The van der Waals surface area contributed by atoms with Gasteiger partial charge in [0.25, 0.3) is 0 Å². The van der Waals surface area contributed by atoms with Gasteiger partial charge in [-0.3, -0.25) is 4.90 Å². The Morgan fingerprint density at radius 2 is 2.12 bits per heavy atom. The van der Waals surface area contributed by atoms with Gasteiger partial charge in [0.15, 0.2) is 0 Å². The fourth-order valence-electron chi connectivity index (χ4n) is 2.68. The second kappa shape index (κ2) is 4.10. The summed E-state index contributed by atoms with van der Waals surface area (Å²) in [6.45, 7) is 3.41.